The van der Waals surface area contributed by atoms with E-state index < -0.39 is 47.4 Å². The number of aromatic amines is 2. The highest BCUT2D eigenvalue weighted by atomic mass is 16.5. The third-order valence-electron chi connectivity index (χ3n) is 18.2. The molecule has 6 aliphatic rings. The molecule has 0 saturated carbocycles. The predicted molar refractivity (Wildman–Crippen MR) is 384 cm³/mol. The van der Waals surface area contributed by atoms with Crippen molar-refractivity contribution in [2.45, 2.75) is 32.6 Å². The van der Waals surface area contributed by atoms with Gasteiger partial charge in [-0.1, -0.05) is 121 Å². The van der Waals surface area contributed by atoms with E-state index in [1.807, 2.05) is 158 Å². The van der Waals surface area contributed by atoms with E-state index in [1.54, 1.807) is 91.9 Å². The van der Waals surface area contributed by atoms with Crippen LogP contribution in [0.4, 0.5) is 22.7 Å². The third kappa shape index (κ3) is 12.2. The highest BCUT2D eigenvalue weighted by Gasteiger charge is 2.28. The Hall–Kier alpha value is -12.8. The molecule has 6 aliphatic heterocycles. The lowest BCUT2D eigenvalue weighted by Gasteiger charge is -2.17. The van der Waals surface area contributed by atoms with Gasteiger partial charge in [-0.25, -0.2) is 9.97 Å². The predicted octanol–water partition coefficient (Wildman–Crippen LogP) is 16.4. The molecule has 478 valence electrons. The lowest BCUT2D eigenvalue weighted by Crippen LogP contribution is -2.23. The quantitative estimate of drug-likeness (QED) is 0.0826. The summed E-state index contributed by atoms with van der Waals surface area (Å²) in [4.78, 5) is 105. The number of hydrogen-bond acceptors (Lipinski definition) is 9. The summed E-state index contributed by atoms with van der Waals surface area (Å²) in [5, 5.41) is 23.6. The van der Waals surface area contributed by atoms with E-state index >= 15 is 0 Å². The van der Waals surface area contributed by atoms with Crippen LogP contribution in [-0.2, 0) is 40.0 Å². The summed E-state index contributed by atoms with van der Waals surface area (Å²) in [6, 6.07) is 66.0. The van der Waals surface area contributed by atoms with Crippen LogP contribution in [0.2, 0.25) is 0 Å². The van der Waals surface area contributed by atoms with Crippen LogP contribution >= 0.6 is 0 Å². The molecule has 0 unspecified atom stereocenters. The number of fused-ring (bicyclic) bond motifs is 8. The molecule has 4 amide bonds. The van der Waals surface area contributed by atoms with Crippen LogP contribution in [0.15, 0.2) is 218 Å². The summed E-state index contributed by atoms with van der Waals surface area (Å²) in [6.07, 6.45) is 8.35. The Labute approximate surface area is 562 Å². The highest BCUT2D eigenvalue weighted by molar-refractivity contribution is 6.13. The Bertz CT molecular complexity index is 5070. The maximum absolute atomic E-state index is 15.0. The van der Waals surface area contributed by atoms with Gasteiger partial charge in [0.25, 0.3) is 23.6 Å². The Morgan fingerprint density at radius 3 is 0.929 bits per heavy atom. The van der Waals surface area contributed by atoms with E-state index in [-0.39, 0.29) is 32.3 Å². The lowest BCUT2D eigenvalue weighted by molar-refractivity contribution is -0.148. The fraction of sp³-hybridized carbons (Fsp3) is 0.0976. The summed E-state index contributed by atoms with van der Waals surface area (Å²) in [6.45, 7) is 1.93. The SMILES string of the molecule is CCOC(=O)C1Cc2cccc(c2)C(=O)Nc2ccccc2-c2c3nc(c4c5ccc([nH]5)c(c5nc(c(c6ccc2[nH]6)-c2ccccc2NC(=O)c2cccc(c2)CC(C(=O)O)Cc2cccc(c2)C(=O)Nc2ccccc2-4)C=C5)-c2ccccc2NC(=O)c2cccc(c2)C1)C=C3. The number of anilines is 4. The van der Waals surface area contributed by atoms with Gasteiger partial charge in [0.1, 0.15) is 0 Å². The molecule has 98 heavy (non-hydrogen) atoms. The highest BCUT2D eigenvalue weighted by Crippen LogP contribution is 2.44. The zero-order chi connectivity index (χ0) is 67.0. The normalized spacial score (nSPS) is 14.0. The van der Waals surface area contributed by atoms with Gasteiger partial charge in [0, 0.05) is 112 Å². The van der Waals surface area contributed by atoms with Crippen molar-refractivity contribution >= 4 is 105 Å². The number of aromatic nitrogens is 4. The summed E-state index contributed by atoms with van der Waals surface area (Å²) in [5.74, 6) is -4.72. The molecule has 0 fully saturated rings. The largest absolute Gasteiger partial charge is 0.481 e. The van der Waals surface area contributed by atoms with Crippen molar-refractivity contribution in [2.24, 2.45) is 11.8 Å². The van der Waals surface area contributed by atoms with Gasteiger partial charge in [-0.15, -0.1) is 0 Å². The van der Waals surface area contributed by atoms with Gasteiger partial charge in [-0.05, 0) is 176 Å². The molecule has 17 rings (SSSR count). The van der Waals surface area contributed by atoms with E-state index in [2.05, 4.69) is 31.2 Å². The zero-order valence-corrected chi connectivity index (χ0v) is 53.0. The van der Waals surface area contributed by atoms with Crippen LogP contribution in [0.1, 0.15) is 93.4 Å². The van der Waals surface area contributed by atoms with E-state index in [9.17, 15) is 33.9 Å². The molecule has 8 aromatic carbocycles. The number of rotatable bonds is 3. The lowest BCUT2D eigenvalue weighted by atomic mass is 9.91. The first-order valence-corrected chi connectivity index (χ1v) is 32.4. The van der Waals surface area contributed by atoms with Crippen molar-refractivity contribution < 1.29 is 38.6 Å². The van der Waals surface area contributed by atoms with Crippen molar-refractivity contribution in [1.29, 1.82) is 0 Å². The number of para-hydroxylation sites is 4. The molecular formula is C82H62N8O8. The fourth-order valence-electron chi connectivity index (χ4n) is 13.6. The van der Waals surface area contributed by atoms with Gasteiger partial charge in [-0.3, -0.25) is 28.8 Å². The van der Waals surface area contributed by atoms with E-state index in [0.717, 1.165) is 11.1 Å². The second kappa shape index (κ2) is 26.2. The van der Waals surface area contributed by atoms with Gasteiger partial charge < -0.3 is 41.1 Å². The van der Waals surface area contributed by atoms with Crippen LogP contribution in [0, 0.1) is 11.8 Å². The first-order chi connectivity index (χ1) is 47.9. The number of carboxylic acid groups (broad SMARTS) is 1. The number of carboxylic acids is 1. The maximum atomic E-state index is 15.0. The Morgan fingerprint density at radius 1 is 0.378 bits per heavy atom. The summed E-state index contributed by atoms with van der Waals surface area (Å²) >= 11 is 0. The van der Waals surface area contributed by atoms with Gasteiger partial charge in [-0.2, -0.15) is 0 Å². The number of carbonyl (C=O) groups excluding carboxylic acids is 5. The van der Waals surface area contributed by atoms with Crippen molar-refractivity contribution in [1.82, 2.24) is 19.9 Å². The molecule has 11 aromatic rings. The molecule has 0 saturated heterocycles. The third-order valence-corrected chi connectivity index (χ3v) is 18.2. The minimum Gasteiger partial charge on any atom is -0.481 e. The second-order valence-corrected chi connectivity index (χ2v) is 24.6. The fourth-order valence-corrected chi connectivity index (χ4v) is 13.6. The molecule has 9 heterocycles. The molecule has 0 aliphatic carbocycles. The number of aliphatic carboxylic acids is 1. The number of hydrogen-bond donors (Lipinski definition) is 7. The van der Waals surface area contributed by atoms with Crippen LogP contribution < -0.4 is 21.3 Å². The smallest absolute Gasteiger partial charge is 0.309 e. The zero-order valence-electron chi connectivity index (χ0n) is 53.0. The average molecular weight is 1290 g/mol. The standard InChI is InChI=1S/C82H62N8O8/c1-2-98-82(97)56-45-49-17-13-21-53(41-49)79(93)89-63-29-9-5-25-59(63)75-69-35-31-65(83-69)73-57-23-3-7-27-61(57)87-77(91)51-19-11-15-47(39-51)43-55(81(95)96)44-48-16-12-20-52(40-48)78(92)88-62-28-8-4-24-58(62)74(67-33-37-71(75)85-67)68-34-38-72(86-68)76(70-36-32-66(73)84-70)60-26-6-10-30-64(60)90-80(94)54-22-14-18-50(42-54)46-56/h3-42,55-56,83,86H,2,43-46H2,1H3,(H,87,91)(H,88,92)(H,89,93)(H,90,94)(H,95,96). The first-order valence-electron chi connectivity index (χ1n) is 32.4. The molecule has 0 radical (unpaired) electrons. The number of ether oxygens (including phenoxy) is 1. The summed E-state index contributed by atoms with van der Waals surface area (Å²) < 4.78 is 5.66. The van der Waals surface area contributed by atoms with Crippen LogP contribution in [-0.4, -0.2) is 67.2 Å². The number of esters is 1. The molecule has 0 spiro atoms. The van der Waals surface area contributed by atoms with Gasteiger partial charge >= 0.3 is 11.9 Å². The number of amides is 4. The molecular weight excluding hydrogens is 1220 g/mol. The monoisotopic (exact) mass is 1290 g/mol. The van der Waals surface area contributed by atoms with Crippen LogP contribution in [0.25, 0.3) is 90.9 Å². The van der Waals surface area contributed by atoms with Gasteiger partial charge in [0.05, 0.1) is 41.2 Å². The maximum Gasteiger partial charge on any atom is 0.309 e. The molecule has 16 heteroatoms. The minimum atomic E-state index is -1.03. The Balaban J connectivity index is 1.05. The van der Waals surface area contributed by atoms with Crippen molar-refractivity contribution in [3.63, 3.8) is 0 Å². The van der Waals surface area contributed by atoms with E-state index in [0.29, 0.717) is 145 Å². The van der Waals surface area contributed by atoms with E-state index in [4.69, 9.17) is 14.7 Å². The minimum absolute atomic E-state index is 0.0963. The number of carbonyl (C=O) groups is 6. The van der Waals surface area contributed by atoms with Gasteiger partial charge in [0.2, 0.25) is 0 Å². The average Bonchev–Trinajstić information content (AvgIpc) is 1.46. The second-order valence-electron chi connectivity index (χ2n) is 24.6. The summed E-state index contributed by atoms with van der Waals surface area (Å²) in [7, 11) is 0. The molecule has 7 N–H and O–H groups in total. The van der Waals surface area contributed by atoms with Crippen molar-refractivity contribution in [2.75, 3.05) is 27.9 Å². The molecule has 16 nitrogen and oxygen atoms in total. The number of benzene rings is 8. The van der Waals surface area contributed by atoms with E-state index in [1.165, 1.54) is 0 Å². The van der Waals surface area contributed by atoms with Crippen molar-refractivity contribution in [3.05, 3.63) is 286 Å². The Kier molecular flexibility index (Phi) is 16.4. The van der Waals surface area contributed by atoms with Crippen molar-refractivity contribution in [3.8, 4) is 44.5 Å². The first kappa shape index (κ1) is 61.4. The molecule has 3 aromatic heterocycles. The van der Waals surface area contributed by atoms with Crippen LogP contribution in [0.3, 0.4) is 0 Å². The summed E-state index contributed by atoms with van der Waals surface area (Å²) in [5.41, 5.74) is 15.0. The number of nitrogens with one attached hydrogen (secondary N) is 6. The number of nitrogens with zero attached hydrogens (tertiary/aromatic N) is 2. The topological polar surface area (TPSA) is 237 Å². The van der Waals surface area contributed by atoms with Gasteiger partial charge in [0.15, 0.2) is 0 Å². The molecule has 0 atom stereocenters. The number of H-pyrrole nitrogens is 2. The van der Waals surface area contributed by atoms with Crippen LogP contribution in [0.5, 0.6) is 0 Å². The Morgan fingerprint density at radius 2 is 0.653 bits per heavy atom. The molecule has 20 bridgehead atoms.